The highest BCUT2D eigenvalue weighted by Crippen LogP contribution is 2.39. The van der Waals surface area contributed by atoms with E-state index >= 15 is 0 Å². The molecule has 0 saturated heterocycles. The van der Waals surface area contributed by atoms with Crippen LogP contribution in [-0.4, -0.2) is 98.0 Å². The number of H-pyrrole nitrogens is 4. The van der Waals surface area contributed by atoms with E-state index in [0.29, 0.717) is 51.9 Å². The van der Waals surface area contributed by atoms with Crippen molar-refractivity contribution in [3.8, 4) is 17.1 Å². The normalized spacial score (nSPS) is 13.0. The third-order valence-corrected chi connectivity index (χ3v) is 22.1. The lowest BCUT2D eigenvalue weighted by molar-refractivity contribution is 0.636. The van der Waals surface area contributed by atoms with Gasteiger partial charge in [0.15, 0.2) is 45.9 Å². The maximum Gasteiger partial charge on any atom is 0.263 e. The van der Waals surface area contributed by atoms with Crippen molar-refractivity contribution in [1.29, 1.82) is 0 Å². The van der Waals surface area contributed by atoms with Crippen LogP contribution in [0.4, 0.5) is 23.3 Å². The van der Waals surface area contributed by atoms with Crippen molar-refractivity contribution in [2.45, 2.75) is 118 Å². The zero-order valence-electron chi connectivity index (χ0n) is 67.4. The van der Waals surface area contributed by atoms with Gasteiger partial charge in [-0.2, -0.15) is 0 Å². The first-order valence-electron chi connectivity index (χ1n) is 39.9. The van der Waals surface area contributed by atoms with Crippen molar-refractivity contribution in [3.63, 3.8) is 0 Å². The number of hydrogen-bond acceptors (Lipinski definition) is 20. The molecule has 598 valence electrons. The zero-order valence-corrected chi connectivity index (χ0v) is 67.4. The number of nitrogens with zero attached hydrogens (tertiary/aromatic N) is 16. The Kier molecular flexibility index (Phi) is 21.4. The maximum absolute atomic E-state index is 13.9. The second kappa shape index (κ2) is 33.2. The summed E-state index contributed by atoms with van der Waals surface area (Å²) in [6.45, 7) is 18.2. The van der Waals surface area contributed by atoms with Crippen LogP contribution in [0, 0.1) is 34.6 Å². The molecule has 1 saturated carbocycles. The molecule has 19 aromatic rings. The van der Waals surface area contributed by atoms with Crippen molar-refractivity contribution in [3.05, 3.63) is 325 Å². The third-order valence-electron chi connectivity index (χ3n) is 22.1. The molecule has 28 nitrogen and oxygen atoms in total. The van der Waals surface area contributed by atoms with E-state index in [1.54, 1.807) is 29.9 Å². The van der Waals surface area contributed by atoms with Gasteiger partial charge in [0.25, 0.3) is 22.2 Å². The van der Waals surface area contributed by atoms with Gasteiger partial charge in [-0.1, -0.05) is 141 Å². The van der Waals surface area contributed by atoms with E-state index in [1.165, 1.54) is 25.3 Å². The second-order valence-electron chi connectivity index (χ2n) is 30.0. The number of hydrogen-bond donors (Lipinski definition) is 8. The van der Waals surface area contributed by atoms with Crippen molar-refractivity contribution >= 4 is 111 Å². The number of pyridine rings is 4. The smallest absolute Gasteiger partial charge is 0.263 e. The predicted molar refractivity (Wildman–Crippen MR) is 473 cm³/mol. The van der Waals surface area contributed by atoms with E-state index in [1.807, 2.05) is 213 Å². The first-order chi connectivity index (χ1) is 58.5. The fraction of sp³-hybridized carbons (Fsp3) is 0.196. The lowest BCUT2D eigenvalue weighted by atomic mass is 10.0. The number of aryl methyl sites for hydroxylation is 5. The lowest BCUT2D eigenvalue weighted by Crippen LogP contribution is -2.27. The van der Waals surface area contributed by atoms with Gasteiger partial charge in [0.2, 0.25) is 0 Å². The van der Waals surface area contributed by atoms with Gasteiger partial charge in [-0.15, -0.1) is 0 Å². The Morgan fingerprint density at radius 3 is 1.04 bits per heavy atom. The molecule has 0 aliphatic heterocycles. The van der Waals surface area contributed by atoms with Crippen molar-refractivity contribution in [2.75, 3.05) is 21.3 Å². The topological polar surface area (TPSA) is 354 Å². The fourth-order valence-corrected chi connectivity index (χ4v) is 16.0. The molecule has 0 amide bonds. The van der Waals surface area contributed by atoms with Crippen LogP contribution in [0.2, 0.25) is 0 Å². The number of nitrogens with one attached hydrogen (secondary N) is 8. The van der Waals surface area contributed by atoms with E-state index < -0.39 is 0 Å². The summed E-state index contributed by atoms with van der Waals surface area (Å²) in [7, 11) is 0. The van der Waals surface area contributed by atoms with Gasteiger partial charge in [0.1, 0.15) is 47.4 Å². The highest BCUT2D eigenvalue weighted by Gasteiger charge is 2.31. The summed E-state index contributed by atoms with van der Waals surface area (Å²) in [5, 5.41) is 20.7. The summed E-state index contributed by atoms with van der Waals surface area (Å²) in [6.07, 6.45) is 16.0. The molecule has 0 spiro atoms. The van der Waals surface area contributed by atoms with Crippen LogP contribution in [0.1, 0.15) is 134 Å². The minimum atomic E-state index is -0.204. The van der Waals surface area contributed by atoms with Crippen LogP contribution in [-0.2, 0) is 0 Å². The van der Waals surface area contributed by atoms with Gasteiger partial charge in [-0.05, 0) is 178 Å². The largest absolute Gasteiger partial charge is 0.360 e. The Labute approximate surface area is 686 Å². The van der Waals surface area contributed by atoms with Gasteiger partial charge < -0.3 is 45.8 Å². The van der Waals surface area contributed by atoms with Crippen LogP contribution < -0.4 is 43.5 Å². The average Bonchev–Trinajstić information content (AvgIpc) is 0.905. The summed E-state index contributed by atoms with van der Waals surface area (Å²) in [6, 6.07) is 59.4. The number of aromatic amines is 4. The first kappa shape index (κ1) is 77.4. The summed E-state index contributed by atoms with van der Waals surface area (Å²) in [5.41, 5.74) is 16.5. The molecule has 0 bridgehead atoms. The van der Waals surface area contributed by atoms with Crippen molar-refractivity contribution < 1.29 is 0 Å². The molecule has 28 heteroatoms. The third kappa shape index (κ3) is 15.0. The van der Waals surface area contributed by atoms with Gasteiger partial charge in [-0.3, -0.25) is 32.9 Å². The predicted octanol–water partition coefficient (Wildman–Crippen LogP) is 17.0. The van der Waals surface area contributed by atoms with Gasteiger partial charge in [0.05, 0.1) is 76.7 Å². The monoisotopic (exact) mass is 1590 g/mol. The molecular formula is C92H86N24O4. The van der Waals surface area contributed by atoms with Crippen LogP contribution >= 0.6 is 0 Å². The summed E-state index contributed by atoms with van der Waals surface area (Å²) >= 11 is 0. The number of para-hydroxylation sites is 3. The Morgan fingerprint density at radius 1 is 0.342 bits per heavy atom. The summed E-state index contributed by atoms with van der Waals surface area (Å²) < 4.78 is 7.40. The quantitative estimate of drug-likeness (QED) is 0.0395. The van der Waals surface area contributed by atoms with Crippen LogP contribution in [0.5, 0.6) is 0 Å². The van der Waals surface area contributed by atoms with E-state index in [2.05, 4.69) is 146 Å². The Bertz CT molecular complexity index is 7310. The van der Waals surface area contributed by atoms with E-state index in [-0.39, 0.29) is 46.4 Å². The number of fused-ring (bicyclic) bond motifs is 8. The molecular weight excluding hydrogens is 1510 g/mol. The molecule has 1 aliphatic carbocycles. The Hall–Kier alpha value is -15.2. The van der Waals surface area contributed by atoms with Crippen molar-refractivity contribution in [1.82, 2.24) is 98.0 Å². The van der Waals surface area contributed by atoms with Crippen LogP contribution in [0.25, 0.3) is 105 Å². The standard InChI is InChI=1S/C25H24N6O.C24H22N6O.C23H20N6O.C20H20N6O/c1-4-18(30-24-22-23(27-13-26-22)28-14-29-24)20-12-17-10-7-9-16(3)21(17)25(32)31(20)19-11-6-5-8-15(19)2;1-3-18(29-23-21-22(26-13-25-21)27-14-28-23)19-12-16-9-7-8-15(2)20(16)24(31)30(19)17-10-5-4-6-11-17;1-14-7-6-8-16-11-18(29(23(30)19(14)16)17-9-4-3-5-10-17)15(2)28-22-20-21(25-12-24-20)26-13-27-22;1-11-4-3-5-13-8-15(26(14-6-7-14)20(27)16(11)13)12(2)25-19-17-18(22-9-21-17)23-10-24-19/h5-14,18H,4H2,1-3H3,(H2,26,27,28,29,30);4-14,18H,3H2,1-2H3,(H2,25,26,27,28,29);3-13,15H,1-2H3,(H2,24,25,26,27,28);3-5,8-10,12,14H,6-7H2,1-2H3,(H2,21,22,23,24,25). The SMILES string of the molecule is CCC(Nc1ncnc2nc[nH]c12)c1cc2cccc(C)c2c(=O)n1-c1ccccc1.CCC(Nc1ncnc2nc[nH]c12)c1cc2cccc(C)c2c(=O)n1-c1ccccc1C.Cc1cccc2cc(C(C)Nc3ncnc4nc[nH]c34)n(-c3ccccc3)c(=O)c12.Cc1cccc2cc(C(C)Nc3ncnc4nc[nH]c34)n(C3CC3)c(=O)c12. The zero-order chi connectivity index (χ0) is 82.8. The molecule has 4 atom stereocenters. The fourth-order valence-electron chi connectivity index (χ4n) is 16.0. The molecule has 12 aromatic heterocycles. The van der Waals surface area contributed by atoms with E-state index in [0.717, 1.165) is 158 Å². The molecule has 7 aromatic carbocycles. The summed E-state index contributed by atoms with van der Waals surface area (Å²) in [5.74, 6) is 2.64. The van der Waals surface area contributed by atoms with E-state index in [4.69, 9.17) is 0 Å². The van der Waals surface area contributed by atoms with Crippen molar-refractivity contribution in [2.24, 2.45) is 0 Å². The number of anilines is 4. The number of rotatable bonds is 18. The number of aromatic nitrogens is 20. The molecule has 20 rings (SSSR count). The molecule has 0 radical (unpaired) electrons. The lowest BCUT2D eigenvalue weighted by Gasteiger charge is -2.24. The average molecular weight is 1590 g/mol. The Balaban J connectivity index is 0.000000114. The second-order valence-corrected chi connectivity index (χ2v) is 30.0. The molecule has 4 unspecified atom stereocenters. The van der Waals surface area contributed by atoms with Gasteiger partial charge in [-0.25, -0.2) is 59.8 Å². The molecule has 8 N–H and O–H groups in total. The minimum absolute atomic E-state index is 0.0143. The highest BCUT2D eigenvalue weighted by atomic mass is 16.1. The van der Waals surface area contributed by atoms with Gasteiger partial charge in [0, 0.05) is 40.2 Å². The van der Waals surface area contributed by atoms with E-state index in [9.17, 15) is 19.2 Å². The minimum Gasteiger partial charge on any atom is -0.360 e. The number of benzene rings is 7. The molecule has 12 heterocycles. The molecule has 1 aliphatic rings. The first-order valence-corrected chi connectivity index (χ1v) is 39.9. The molecule has 1 fully saturated rings. The maximum atomic E-state index is 13.9. The van der Waals surface area contributed by atoms with Crippen LogP contribution in [0.3, 0.4) is 0 Å². The summed E-state index contributed by atoms with van der Waals surface area (Å²) in [4.78, 5) is 118. The van der Waals surface area contributed by atoms with Crippen LogP contribution in [0.15, 0.2) is 252 Å². The highest BCUT2D eigenvalue weighted by molar-refractivity contribution is 5.91. The number of imidazole rings is 4. The Morgan fingerprint density at radius 2 is 0.658 bits per heavy atom. The molecule has 120 heavy (non-hydrogen) atoms. The van der Waals surface area contributed by atoms with Gasteiger partial charge >= 0.3 is 0 Å².